The molecule has 0 aliphatic heterocycles. The molecule has 1 N–H and O–H groups in total. The Morgan fingerprint density at radius 1 is 1.20 bits per heavy atom. The number of nitrogens with zero attached hydrogens (tertiary/aromatic N) is 2. The van der Waals surface area contributed by atoms with E-state index < -0.39 is 10.0 Å². The van der Waals surface area contributed by atoms with Gasteiger partial charge in [0.25, 0.3) is 10.0 Å². The minimum atomic E-state index is -3.79. The third kappa shape index (κ3) is 2.47. The molecule has 0 aliphatic rings. The summed E-state index contributed by atoms with van der Waals surface area (Å²) in [5.41, 5.74) is 0.743. The molecule has 0 aliphatic carbocycles. The van der Waals surface area contributed by atoms with Crippen LogP contribution in [-0.2, 0) is 10.0 Å². The lowest BCUT2D eigenvalue weighted by atomic mass is 10.3. The van der Waals surface area contributed by atoms with Gasteiger partial charge in [-0.1, -0.05) is 35.1 Å². The Bertz CT molecular complexity index is 844. The van der Waals surface area contributed by atoms with E-state index >= 15 is 0 Å². The molecule has 2 aromatic heterocycles. The average Bonchev–Trinajstić information content (AvgIpc) is 2.80. The second-order valence-electron chi connectivity index (χ2n) is 3.90. The predicted molar refractivity (Wildman–Crippen MR) is 79.7 cm³/mol. The molecule has 0 bridgehead atoms. The summed E-state index contributed by atoms with van der Waals surface area (Å²) >= 11 is 7.14. The summed E-state index contributed by atoms with van der Waals surface area (Å²) in [6, 6.07) is 8.84. The van der Waals surface area contributed by atoms with Gasteiger partial charge in [0.15, 0.2) is 5.13 Å². The lowest BCUT2D eigenvalue weighted by Crippen LogP contribution is -2.13. The molecular weight excluding hydrogens is 318 g/mol. The number of aromatic nitrogens is 2. The van der Waals surface area contributed by atoms with Gasteiger partial charge < -0.3 is 0 Å². The molecule has 0 saturated carbocycles. The van der Waals surface area contributed by atoms with Gasteiger partial charge in [0.2, 0.25) is 0 Å². The molecule has 1 aromatic carbocycles. The highest BCUT2D eigenvalue weighted by atomic mass is 35.5. The summed E-state index contributed by atoms with van der Waals surface area (Å²) in [6.07, 6.45) is 2.64. The lowest BCUT2D eigenvalue weighted by molar-refractivity contribution is 0.601. The second kappa shape index (κ2) is 5.01. The van der Waals surface area contributed by atoms with E-state index in [9.17, 15) is 8.42 Å². The van der Waals surface area contributed by atoms with Crippen LogP contribution in [0.3, 0.4) is 0 Å². The minimum Gasteiger partial charge on any atom is -0.263 e. The number of rotatable bonds is 3. The largest absolute Gasteiger partial charge is 0.266 e. The van der Waals surface area contributed by atoms with Crippen LogP contribution in [0, 0.1) is 0 Å². The van der Waals surface area contributed by atoms with Crippen LogP contribution in [0.25, 0.3) is 10.2 Å². The van der Waals surface area contributed by atoms with Gasteiger partial charge in [-0.3, -0.25) is 9.71 Å². The molecule has 0 saturated heterocycles. The summed E-state index contributed by atoms with van der Waals surface area (Å²) in [4.78, 5) is 7.92. The normalized spacial score (nSPS) is 11.7. The van der Waals surface area contributed by atoms with Crippen LogP contribution in [0.4, 0.5) is 5.13 Å². The van der Waals surface area contributed by atoms with E-state index in [0.29, 0.717) is 5.13 Å². The third-order valence-corrected chi connectivity index (χ3v) is 5.43. The van der Waals surface area contributed by atoms with Gasteiger partial charge in [0.05, 0.1) is 15.2 Å². The Morgan fingerprint density at radius 2 is 2.00 bits per heavy atom. The van der Waals surface area contributed by atoms with Crippen molar-refractivity contribution in [1.29, 1.82) is 0 Å². The summed E-state index contributed by atoms with van der Waals surface area (Å²) in [6.45, 7) is 0. The van der Waals surface area contributed by atoms with Crippen molar-refractivity contribution in [1.82, 2.24) is 9.97 Å². The molecule has 5 nitrogen and oxygen atoms in total. The number of benzene rings is 1. The lowest BCUT2D eigenvalue weighted by Gasteiger charge is -2.05. The summed E-state index contributed by atoms with van der Waals surface area (Å²) in [5.74, 6) is 0. The van der Waals surface area contributed by atoms with E-state index in [1.807, 2.05) is 24.3 Å². The summed E-state index contributed by atoms with van der Waals surface area (Å²) in [5, 5.41) is 0.416. The second-order valence-corrected chi connectivity index (χ2v) is 6.99. The van der Waals surface area contributed by atoms with E-state index in [1.54, 1.807) is 0 Å². The first-order valence-electron chi connectivity index (χ1n) is 5.54. The molecule has 20 heavy (non-hydrogen) atoms. The topological polar surface area (TPSA) is 72.0 Å². The highest BCUT2D eigenvalue weighted by Gasteiger charge is 2.19. The fourth-order valence-electron chi connectivity index (χ4n) is 1.65. The molecule has 8 heteroatoms. The van der Waals surface area contributed by atoms with Crippen molar-refractivity contribution in [3.8, 4) is 0 Å². The van der Waals surface area contributed by atoms with Crippen LogP contribution in [0.15, 0.2) is 47.6 Å². The smallest absolute Gasteiger partial charge is 0.263 e. The highest BCUT2D eigenvalue weighted by Crippen LogP contribution is 2.28. The molecule has 3 rings (SSSR count). The van der Waals surface area contributed by atoms with Gasteiger partial charge >= 0.3 is 0 Å². The number of thiazole rings is 1. The van der Waals surface area contributed by atoms with Crippen molar-refractivity contribution < 1.29 is 8.42 Å². The number of anilines is 1. The number of halogens is 1. The first-order valence-corrected chi connectivity index (χ1v) is 8.22. The van der Waals surface area contributed by atoms with Gasteiger partial charge in [-0.2, -0.15) is 0 Å². The molecular formula is C12H8ClN3O2S2. The Morgan fingerprint density at radius 3 is 2.75 bits per heavy atom. The van der Waals surface area contributed by atoms with Crippen molar-refractivity contribution in [2.24, 2.45) is 0 Å². The minimum absolute atomic E-state index is 0.0686. The molecule has 0 radical (unpaired) electrons. The predicted octanol–water partition coefficient (Wildman–Crippen LogP) is 3.15. The van der Waals surface area contributed by atoms with Crippen LogP contribution < -0.4 is 4.72 Å². The van der Waals surface area contributed by atoms with Gasteiger partial charge in [-0.25, -0.2) is 13.4 Å². The monoisotopic (exact) mass is 325 g/mol. The first kappa shape index (κ1) is 13.3. The zero-order chi connectivity index (χ0) is 14.2. The number of para-hydroxylation sites is 1. The Labute approximate surface area is 124 Å². The fraction of sp³-hybridized carbons (Fsp3) is 0. The van der Waals surface area contributed by atoms with Crippen molar-refractivity contribution in [3.63, 3.8) is 0 Å². The van der Waals surface area contributed by atoms with Crippen LogP contribution in [0.2, 0.25) is 5.02 Å². The van der Waals surface area contributed by atoms with Crippen LogP contribution in [0.5, 0.6) is 0 Å². The van der Waals surface area contributed by atoms with E-state index in [4.69, 9.17) is 11.6 Å². The zero-order valence-corrected chi connectivity index (χ0v) is 12.3. The van der Waals surface area contributed by atoms with Gasteiger partial charge in [0, 0.05) is 12.4 Å². The molecule has 0 fully saturated rings. The van der Waals surface area contributed by atoms with Crippen molar-refractivity contribution >= 4 is 48.3 Å². The van der Waals surface area contributed by atoms with Crippen molar-refractivity contribution in [2.45, 2.75) is 4.90 Å². The number of fused-ring (bicyclic) bond motifs is 1. The van der Waals surface area contributed by atoms with E-state index in [-0.39, 0.29) is 9.92 Å². The first-order chi connectivity index (χ1) is 9.56. The van der Waals surface area contributed by atoms with Crippen LogP contribution in [0.1, 0.15) is 0 Å². The van der Waals surface area contributed by atoms with E-state index in [2.05, 4.69) is 14.7 Å². The molecule has 0 unspecified atom stereocenters. The molecule has 0 amide bonds. The van der Waals surface area contributed by atoms with Gasteiger partial charge in [0.1, 0.15) is 4.90 Å². The Balaban J connectivity index is 1.99. The van der Waals surface area contributed by atoms with E-state index in [0.717, 1.165) is 10.2 Å². The maximum atomic E-state index is 12.2. The maximum Gasteiger partial charge on any atom is 0.266 e. The number of hydrogen-bond acceptors (Lipinski definition) is 5. The molecule has 2 heterocycles. The van der Waals surface area contributed by atoms with Crippen molar-refractivity contribution in [3.05, 3.63) is 47.7 Å². The Hall–Kier alpha value is -1.70. The zero-order valence-electron chi connectivity index (χ0n) is 9.95. The van der Waals surface area contributed by atoms with E-state index in [1.165, 1.54) is 29.8 Å². The number of nitrogens with one attached hydrogen (secondary N) is 1. The molecule has 102 valence electrons. The van der Waals surface area contributed by atoms with Crippen molar-refractivity contribution in [2.75, 3.05) is 4.72 Å². The molecule has 3 aromatic rings. The van der Waals surface area contributed by atoms with Crippen LogP contribution in [-0.4, -0.2) is 18.4 Å². The molecule has 0 spiro atoms. The highest BCUT2D eigenvalue weighted by molar-refractivity contribution is 7.93. The summed E-state index contributed by atoms with van der Waals surface area (Å²) < 4.78 is 27.8. The SMILES string of the molecule is O=S(=O)(Nc1nc2ccccc2s1)c1cnccc1Cl. The average molecular weight is 326 g/mol. The standard InChI is InChI=1S/C12H8ClN3O2S2/c13-8-5-6-14-7-11(8)20(17,18)16-12-15-9-3-1-2-4-10(9)19-12/h1-7H,(H,15,16). The maximum absolute atomic E-state index is 12.2. The summed E-state index contributed by atoms with van der Waals surface area (Å²) in [7, 11) is -3.79. The van der Waals surface area contributed by atoms with Gasteiger partial charge in [-0.05, 0) is 18.2 Å². The van der Waals surface area contributed by atoms with Crippen LogP contribution >= 0.6 is 22.9 Å². The number of hydrogen-bond donors (Lipinski definition) is 1. The molecule has 0 atom stereocenters. The van der Waals surface area contributed by atoms with Gasteiger partial charge in [-0.15, -0.1) is 0 Å². The third-order valence-electron chi connectivity index (χ3n) is 2.54. The quantitative estimate of drug-likeness (QED) is 0.803. The Kier molecular flexibility index (Phi) is 3.33. The number of sulfonamides is 1. The fourth-order valence-corrected chi connectivity index (χ4v) is 4.18. The number of pyridine rings is 1.